The van der Waals surface area contributed by atoms with E-state index in [1.54, 1.807) is 0 Å². The smallest absolute Gasteiger partial charge is 0.139 e. The van der Waals surface area contributed by atoms with Crippen LogP contribution in [0.1, 0.15) is 24.9 Å². The van der Waals surface area contributed by atoms with Gasteiger partial charge in [-0.1, -0.05) is 37.3 Å². The molecule has 1 heterocycles. The Morgan fingerprint density at radius 2 is 2.06 bits per heavy atom. The molecule has 0 aliphatic carbocycles. The molecule has 0 aromatic heterocycles. The van der Waals surface area contributed by atoms with Gasteiger partial charge in [0.1, 0.15) is 5.78 Å². The van der Waals surface area contributed by atoms with E-state index in [4.69, 9.17) is 0 Å². The van der Waals surface area contributed by atoms with Crippen LogP contribution in [0.5, 0.6) is 0 Å². The number of carbonyl (C=O) groups excluding carboxylic acids is 1. The number of hydrogen-bond donors (Lipinski definition) is 2. The van der Waals surface area contributed by atoms with Gasteiger partial charge in [-0.15, -0.1) is 0 Å². The van der Waals surface area contributed by atoms with E-state index in [2.05, 4.69) is 5.32 Å². The second-order valence-corrected chi connectivity index (χ2v) is 4.38. The van der Waals surface area contributed by atoms with E-state index < -0.39 is 0 Å². The first-order chi connectivity index (χ1) is 7.72. The molecule has 1 aliphatic heterocycles. The zero-order valence-corrected chi connectivity index (χ0v) is 9.39. The van der Waals surface area contributed by atoms with E-state index in [9.17, 15) is 9.90 Å². The third kappa shape index (κ3) is 2.15. The minimum absolute atomic E-state index is 0.0102. The monoisotopic (exact) mass is 219 g/mol. The second kappa shape index (κ2) is 4.76. The standard InChI is InChI=1S/C13H17NO2/c1-9-12(8-15)14-11(7-13(9)16)10-5-3-2-4-6-10/h2-6,9,11-12,14-15H,7-8H2,1H3/t9-,11+,12+/m0/s1. The minimum Gasteiger partial charge on any atom is -0.395 e. The van der Waals surface area contributed by atoms with Crippen molar-refractivity contribution >= 4 is 5.78 Å². The van der Waals surface area contributed by atoms with E-state index in [0.29, 0.717) is 6.42 Å². The lowest BCUT2D eigenvalue weighted by molar-refractivity contribution is -0.126. The average Bonchev–Trinajstić information content (AvgIpc) is 2.33. The summed E-state index contributed by atoms with van der Waals surface area (Å²) >= 11 is 0. The van der Waals surface area contributed by atoms with Gasteiger partial charge in [0.25, 0.3) is 0 Å². The number of piperidine rings is 1. The van der Waals surface area contributed by atoms with Crippen LogP contribution in [0.25, 0.3) is 0 Å². The predicted molar refractivity (Wildman–Crippen MR) is 62.0 cm³/mol. The first kappa shape index (κ1) is 11.3. The van der Waals surface area contributed by atoms with Crippen molar-refractivity contribution in [2.75, 3.05) is 6.61 Å². The molecule has 0 spiro atoms. The van der Waals surface area contributed by atoms with E-state index in [1.165, 1.54) is 0 Å². The van der Waals surface area contributed by atoms with Gasteiger partial charge in [-0.2, -0.15) is 0 Å². The van der Waals surface area contributed by atoms with Crippen molar-refractivity contribution in [2.24, 2.45) is 5.92 Å². The zero-order chi connectivity index (χ0) is 11.5. The zero-order valence-electron chi connectivity index (χ0n) is 9.39. The van der Waals surface area contributed by atoms with Crippen molar-refractivity contribution < 1.29 is 9.90 Å². The van der Waals surface area contributed by atoms with Crippen LogP contribution < -0.4 is 5.32 Å². The molecule has 3 atom stereocenters. The van der Waals surface area contributed by atoms with Crippen LogP contribution in [-0.2, 0) is 4.79 Å². The number of carbonyl (C=O) groups is 1. The van der Waals surface area contributed by atoms with Crippen LogP contribution >= 0.6 is 0 Å². The van der Waals surface area contributed by atoms with Crippen molar-refractivity contribution in [1.82, 2.24) is 5.32 Å². The number of nitrogens with one attached hydrogen (secondary N) is 1. The Morgan fingerprint density at radius 1 is 1.38 bits per heavy atom. The Morgan fingerprint density at radius 3 is 2.69 bits per heavy atom. The predicted octanol–water partition coefficient (Wildman–Crippen LogP) is 1.29. The molecular formula is C13H17NO2. The van der Waals surface area contributed by atoms with Crippen LogP contribution in [0.3, 0.4) is 0 Å². The molecule has 0 radical (unpaired) electrons. The number of aliphatic hydroxyl groups excluding tert-OH is 1. The van der Waals surface area contributed by atoms with Crippen molar-refractivity contribution in [3.05, 3.63) is 35.9 Å². The number of benzene rings is 1. The van der Waals surface area contributed by atoms with Crippen molar-refractivity contribution in [3.8, 4) is 0 Å². The van der Waals surface area contributed by atoms with Gasteiger partial charge in [0, 0.05) is 24.4 Å². The highest BCUT2D eigenvalue weighted by Gasteiger charge is 2.33. The number of hydrogen-bond acceptors (Lipinski definition) is 3. The Balaban J connectivity index is 2.16. The van der Waals surface area contributed by atoms with Gasteiger partial charge in [0.05, 0.1) is 6.61 Å². The Bertz CT molecular complexity index is 363. The summed E-state index contributed by atoms with van der Waals surface area (Å²) < 4.78 is 0. The average molecular weight is 219 g/mol. The fourth-order valence-electron chi connectivity index (χ4n) is 2.18. The summed E-state index contributed by atoms with van der Waals surface area (Å²) in [5, 5.41) is 12.6. The van der Waals surface area contributed by atoms with E-state index in [1.807, 2.05) is 37.3 Å². The van der Waals surface area contributed by atoms with Crippen molar-refractivity contribution in [2.45, 2.75) is 25.4 Å². The van der Waals surface area contributed by atoms with Gasteiger partial charge in [-0.25, -0.2) is 0 Å². The lowest BCUT2D eigenvalue weighted by atomic mass is 9.85. The summed E-state index contributed by atoms with van der Waals surface area (Å²) in [5.74, 6) is 0.136. The fraction of sp³-hybridized carbons (Fsp3) is 0.462. The number of Topliss-reactive ketones (excluding diaryl/α,β-unsaturated/α-hetero) is 1. The highest BCUT2D eigenvalue weighted by molar-refractivity contribution is 5.83. The highest BCUT2D eigenvalue weighted by atomic mass is 16.3. The summed E-state index contributed by atoms with van der Waals surface area (Å²) in [6.45, 7) is 1.88. The van der Waals surface area contributed by atoms with Crippen molar-refractivity contribution in [3.63, 3.8) is 0 Å². The fourth-order valence-corrected chi connectivity index (χ4v) is 2.18. The normalized spacial score (nSPS) is 30.4. The van der Waals surface area contributed by atoms with Crippen LogP contribution in [-0.4, -0.2) is 23.5 Å². The summed E-state index contributed by atoms with van der Waals surface area (Å²) in [7, 11) is 0. The molecule has 3 nitrogen and oxygen atoms in total. The molecule has 1 aromatic rings. The summed E-state index contributed by atoms with van der Waals surface area (Å²) in [6.07, 6.45) is 0.516. The summed E-state index contributed by atoms with van der Waals surface area (Å²) in [4.78, 5) is 11.8. The van der Waals surface area contributed by atoms with Gasteiger partial charge >= 0.3 is 0 Å². The molecule has 1 aromatic carbocycles. The van der Waals surface area contributed by atoms with Gasteiger partial charge < -0.3 is 10.4 Å². The molecule has 3 heteroatoms. The number of ketones is 1. The number of aliphatic hydroxyl groups is 1. The van der Waals surface area contributed by atoms with Gasteiger partial charge in [-0.3, -0.25) is 4.79 Å². The molecule has 0 saturated carbocycles. The minimum atomic E-state index is -0.119. The van der Waals surface area contributed by atoms with Gasteiger partial charge in [-0.05, 0) is 5.56 Å². The quantitative estimate of drug-likeness (QED) is 0.788. The second-order valence-electron chi connectivity index (χ2n) is 4.38. The Kier molecular flexibility index (Phi) is 3.36. The third-order valence-corrected chi connectivity index (χ3v) is 3.33. The van der Waals surface area contributed by atoms with Crippen LogP contribution in [0.4, 0.5) is 0 Å². The number of rotatable bonds is 2. The molecule has 0 amide bonds. The highest BCUT2D eigenvalue weighted by Crippen LogP contribution is 2.26. The van der Waals surface area contributed by atoms with Gasteiger partial charge in [0.2, 0.25) is 0 Å². The lowest BCUT2D eigenvalue weighted by Gasteiger charge is -2.34. The molecule has 0 unspecified atom stereocenters. The third-order valence-electron chi connectivity index (χ3n) is 3.33. The summed E-state index contributed by atoms with van der Waals surface area (Å²) in [6, 6.07) is 9.83. The summed E-state index contributed by atoms with van der Waals surface area (Å²) in [5.41, 5.74) is 1.11. The van der Waals surface area contributed by atoms with Gasteiger partial charge in [0.15, 0.2) is 0 Å². The Hall–Kier alpha value is -1.19. The van der Waals surface area contributed by atoms with E-state index in [-0.39, 0.29) is 30.4 Å². The van der Waals surface area contributed by atoms with E-state index in [0.717, 1.165) is 5.56 Å². The molecule has 1 fully saturated rings. The first-order valence-electron chi connectivity index (χ1n) is 5.67. The van der Waals surface area contributed by atoms with E-state index >= 15 is 0 Å². The molecule has 0 bridgehead atoms. The largest absolute Gasteiger partial charge is 0.395 e. The van der Waals surface area contributed by atoms with Crippen LogP contribution in [0.15, 0.2) is 30.3 Å². The lowest BCUT2D eigenvalue weighted by Crippen LogP contribution is -2.48. The molecule has 86 valence electrons. The molecular weight excluding hydrogens is 202 g/mol. The molecule has 16 heavy (non-hydrogen) atoms. The Labute approximate surface area is 95.5 Å². The molecule has 2 N–H and O–H groups in total. The van der Waals surface area contributed by atoms with Crippen LogP contribution in [0.2, 0.25) is 0 Å². The maximum atomic E-state index is 11.8. The first-order valence-corrected chi connectivity index (χ1v) is 5.67. The van der Waals surface area contributed by atoms with Crippen molar-refractivity contribution in [1.29, 1.82) is 0 Å². The molecule has 1 aliphatic rings. The topological polar surface area (TPSA) is 49.3 Å². The SMILES string of the molecule is C[C@@H]1C(=O)C[C@H](c2ccccc2)N[C@@H]1CO. The maximum absolute atomic E-state index is 11.8. The van der Waals surface area contributed by atoms with Crippen LogP contribution in [0, 0.1) is 5.92 Å². The maximum Gasteiger partial charge on any atom is 0.139 e. The molecule has 2 rings (SSSR count). The molecule has 1 saturated heterocycles.